The number of amidine groups is 1. The molecule has 32 heavy (non-hydrogen) atoms. The van der Waals surface area contributed by atoms with Gasteiger partial charge >= 0.3 is 0 Å². The molecule has 1 aliphatic heterocycles. The topological polar surface area (TPSA) is 18.8 Å². The number of allylic oxidation sites excluding steroid dienone is 6. The fourth-order valence-electron chi connectivity index (χ4n) is 2.83. The summed E-state index contributed by atoms with van der Waals surface area (Å²) in [5, 5.41) is 6.93. The molecule has 0 spiro atoms. The maximum atomic E-state index is 4.89. The number of hydrazone groups is 1. The Kier molecular flexibility index (Phi) is 21.0. The number of anilines is 1. The highest BCUT2D eigenvalue weighted by atomic mass is 15.6. The molecule has 1 aliphatic carbocycles. The van der Waals surface area contributed by atoms with Gasteiger partial charge in [0.2, 0.25) is 0 Å². The quantitative estimate of drug-likeness (QED) is 0.428. The van der Waals surface area contributed by atoms with Gasteiger partial charge in [0.15, 0.2) is 5.84 Å². The highest BCUT2D eigenvalue weighted by molar-refractivity contribution is 6.03. The van der Waals surface area contributed by atoms with Gasteiger partial charge in [0, 0.05) is 11.3 Å². The standard InChI is InChI=1S/C21H23N3.4C2H6/c1-3-5-12-18(4-2)21-22-24(20-15-10-7-11-16-20)17-23(21)19-13-8-6-9-14-19;4*1-2/h3-5,7-8,10-16H,1,6,9,17H2,2H3;4*1-2H3/b12-5-,18-4+;;;;. The lowest BCUT2D eigenvalue weighted by molar-refractivity contribution is 0.554. The van der Waals surface area contributed by atoms with Crippen LogP contribution in [0.1, 0.15) is 75.2 Å². The van der Waals surface area contributed by atoms with Crippen molar-refractivity contribution in [2.45, 2.75) is 75.2 Å². The van der Waals surface area contributed by atoms with Crippen molar-refractivity contribution in [2.24, 2.45) is 5.10 Å². The Labute approximate surface area is 199 Å². The van der Waals surface area contributed by atoms with Crippen LogP contribution >= 0.6 is 0 Å². The third-order valence-corrected chi connectivity index (χ3v) is 4.07. The van der Waals surface area contributed by atoms with E-state index in [1.54, 1.807) is 6.08 Å². The zero-order valence-electron chi connectivity index (χ0n) is 22.1. The number of nitrogens with zero attached hydrogens (tertiary/aromatic N) is 3. The lowest BCUT2D eigenvalue weighted by Crippen LogP contribution is -2.30. The summed E-state index contributed by atoms with van der Waals surface area (Å²) in [5.41, 5.74) is 3.40. The molecule has 178 valence electrons. The Morgan fingerprint density at radius 1 is 0.938 bits per heavy atom. The van der Waals surface area contributed by atoms with Crippen molar-refractivity contribution in [3.8, 4) is 0 Å². The molecule has 0 bridgehead atoms. The summed E-state index contributed by atoms with van der Waals surface area (Å²) in [5.74, 6) is 0.970. The minimum absolute atomic E-state index is 0.717. The number of para-hydroxylation sites is 1. The Bertz CT molecular complexity index is 737. The van der Waals surface area contributed by atoms with Gasteiger partial charge in [0.1, 0.15) is 6.67 Å². The summed E-state index contributed by atoms with van der Waals surface area (Å²) in [4.78, 5) is 2.27. The maximum Gasteiger partial charge on any atom is 0.162 e. The van der Waals surface area contributed by atoms with Crippen molar-refractivity contribution < 1.29 is 0 Å². The van der Waals surface area contributed by atoms with E-state index in [-0.39, 0.29) is 0 Å². The van der Waals surface area contributed by atoms with Gasteiger partial charge < -0.3 is 4.90 Å². The van der Waals surface area contributed by atoms with Crippen molar-refractivity contribution in [2.75, 3.05) is 11.7 Å². The van der Waals surface area contributed by atoms with E-state index in [0.29, 0.717) is 0 Å². The van der Waals surface area contributed by atoms with Gasteiger partial charge in [-0.1, -0.05) is 117 Å². The molecule has 0 atom stereocenters. The van der Waals surface area contributed by atoms with Crippen LogP contribution in [0.4, 0.5) is 5.69 Å². The monoisotopic (exact) mass is 437 g/mol. The van der Waals surface area contributed by atoms with Crippen LogP contribution < -0.4 is 5.01 Å². The SMILES string of the molecule is C=C/C=C\C(=C/C)C1=NN(c2ccccc2)CN1C1=CCCC=C1.CC.CC.CC.CC. The molecule has 0 radical (unpaired) electrons. The average Bonchev–Trinajstić information content (AvgIpc) is 3.36. The molecule has 0 fully saturated rings. The predicted molar refractivity (Wildman–Crippen MR) is 148 cm³/mol. The van der Waals surface area contributed by atoms with Crippen molar-refractivity contribution in [1.82, 2.24) is 4.90 Å². The molecule has 0 amide bonds. The average molecular weight is 438 g/mol. The van der Waals surface area contributed by atoms with E-state index in [1.807, 2.05) is 91.6 Å². The smallest absolute Gasteiger partial charge is 0.162 e. The number of benzene rings is 1. The van der Waals surface area contributed by atoms with Crippen LogP contribution in [-0.2, 0) is 0 Å². The Morgan fingerprint density at radius 3 is 2.06 bits per heavy atom. The van der Waals surface area contributed by atoms with Crippen LogP contribution in [0.15, 0.2) is 95.8 Å². The second-order valence-electron chi connectivity index (χ2n) is 5.68. The molecule has 3 rings (SSSR count). The minimum atomic E-state index is 0.717. The van der Waals surface area contributed by atoms with E-state index < -0.39 is 0 Å². The fourth-order valence-corrected chi connectivity index (χ4v) is 2.83. The van der Waals surface area contributed by atoms with E-state index in [2.05, 4.69) is 54.0 Å². The van der Waals surface area contributed by atoms with Crippen LogP contribution in [0.25, 0.3) is 0 Å². The van der Waals surface area contributed by atoms with E-state index in [1.165, 1.54) is 5.70 Å². The summed E-state index contributed by atoms with van der Waals surface area (Å²) in [6.07, 6.45) is 16.8. The highest BCUT2D eigenvalue weighted by Crippen LogP contribution is 2.27. The summed E-state index contributed by atoms with van der Waals surface area (Å²) < 4.78 is 0. The molecule has 1 aromatic rings. The molecule has 0 unspecified atom stereocenters. The van der Waals surface area contributed by atoms with E-state index in [9.17, 15) is 0 Å². The van der Waals surface area contributed by atoms with Gasteiger partial charge in [-0.15, -0.1) is 0 Å². The van der Waals surface area contributed by atoms with Crippen LogP contribution in [0.2, 0.25) is 0 Å². The first-order valence-electron chi connectivity index (χ1n) is 12.3. The third-order valence-electron chi connectivity index (χ3n) is 4.07. The van der Waals surface area contributed by atoms with Crippen molar-refractivity contribution in [1.29, 1.82) is 0 Å². The summed E-state index contributed by atoms with van der Waals surface area (Å²) in [7, 11) is 0. The number of hydrogen-bond donors (Lipinski definition) is 0. The largest absolute Gasteiger partial charge is 0.305 e. The van der Waals surface area contributed by atoms with E-state index >= 15 is 0 Å². The van der Waals surface area contributed by atoms with E-state index in [0.717, 1.165) is 36.6 Å². The van der Waals surface area contributed by atoms with Crippen LogP contribution in [0, 0.1) is 0 Å². The molecule has 0 saturated heterocycles. The van der Waals surface area contributed by atoms with Gasteiger partial charge in [-0.3, -0.25) is 0 Å². The normalized spacial score (nSPS) is 14.3. The number of rotatable bonds is 5. The number of hydrogen-bond acceptors (Lipinski definition) is 3. The molecular weight excluding hydrogens is 390 g/mol. The fraction of sp³-hybridized carbons (Fsp3) is 0.414. The first-order chi connectivity index (χ1) is 15.8. The summed E-state index contributed by atoms with van der Waals surface area (Å²) in [6.45, 7) is 22.5. The van der Waals surface area contributed by atoms with Gasteiger partial charge in [-0.2, -0.15) is 5.10 Å². The molecule has 3 heteroatoms. The first-order valence-corrected chi connectivity index (χ1v) is 12.3. The summed E-state index contributed by atoms with van der Waals surface area (Å²) in [6, 6.07) is 10.3. The Morgan fingerprint density at radius 2 is 1.56 bits per heavy atom. The molecule has 0 aromatic heterocycles. The molecule has 0 N–H and O–H groups in total. The van der Waals surface area contributed by atoms with Crippen LogP contribution in [0.3, 0.4) is 0 Å². The molecular formula is C29H47N3. The predicted octanol–water partition coefficient (Wildman–Crippen LogP) is 9.11. The van der Waals surface area contributed by atoms with Gasteiger partial charge in [-0.05, 0) is 38.0 Å². The lowest BCUT2D eigenvalue weighted by atomic mass is 10.1. The molecule has 1 heterocycles. The molecule has 2 aliphatic rings. The Hall–Kier alpha value is -2.81. The third kappa shape index (κ3) is 10.00. The summed E-state index contributed by atoms with van der Waals surface area (Å²) >= 11 is 0. The molecule has 1 aromatic carbocycles. The zero-order chi connectivity index (χ0) is 24.8. The first kappa shape index (κ1) is 31.4. The van der Waals surface area contributed by atoms with Crippen LogP contribution in [-0.4, -0.2) is 17.4 Å². The van der Waals surface area contributed by atoms with E-state index in [4.69, 9.17) is 5.10 Å². The second-order valence-corrected chi connectivity index (χ2v) is 5.68. The minimum Gasteiger partial charge on any atom is -0.305 e. The van der Waals surface area contributed by atoms with Gasteiger partial charge in [0.05, 0.1) is 5.69 Å². The zero-order valence-corrected chi connectivity index (χ0v) is 22.1. The maximum absolute atomic E-state index is 4.89. The van der Waals surface area contributed by atoms with Crippen molar-refractivity contribution >= 4 is 11.5 Å². The Balaban J connectivity index is 0. The van der Waals surface area contributed by atoms with Gasteiger partial charge in [0.25, 0.3) is 0 Å². The highest BCUT2D eigenvalue weighted by Gasteiger charge is 2.27. The molecule has 0 saturated carbocycles. The lowest BCUT2D eigenvalue weighted by Gasteiger charge is -2.24. The molecule has 3 nitrogen and oxygen atoms in total. The van der Waals surface area contributed by atoms with Crippen molar-refractivity contribution in [3.63, 3.8) is 0 Å². The van der Waals surface area contributed by atoms with Gasteiger partial charge in [-0.25, -0.2) is 5.01 Å². The van der Waals surface area contributed by atoms with Crippen molar-refractivity contribution in [3.05, 3.63) is 90.7 Å². The van der Waals surface area contributed by atoms with Crippen LogP contribution in [0.5, 0.6) is 0 Å². The second kappa shape index (κ2) is 21.4.